The third kappa shape index (κ3) is 5.58. The van der Waals surface area contributed by atoms with Crippen LogP contribution in [0.2, 0.25) is 0 Å². The maximum Gasteiger partial charge on any atom is 0.243 e. The van der Waals surface area contributed by atoms with E-state index in [9.17, 15) is 9.59 Å². The Bertz CT molecular complexity index is 703. The van der Waals surface area contributed by atoms with E-state index < -0.39 is 0 Å². The molecule has 0 saturated heterocycles. The van der Waals surface area contributed by atoms with Crippen molar-refractivity contribution in [2.75, 3.05) is 11.9 Å². The first-order valence-electron chi connectivity index (χ1n) is 7.63. The summed E-state index contributed by atoms with van der Waals surface area (Å²) in [6.07, 6.45) is 0.276. The van der Waals surface area contributed by atoms with Gasteiger partial charge >= 0.3 is 0 Å². The minimum Gasteiger partial charge on any atom is -0.347 e. The zero-order valence-corrected chi connectivity index (χ0v) is 13.8. The van der Waals surface area contributed by atoms with Crippen LogP contribution in [0.5, 0.6) is 0 Å². The van der Waals surface area contributed by atoms with Crippen molar-refractivity contribution in [3.8, 4) is 0 Å². The molecule has 0 fully saturated rings. The van der Waals surface area contributed by atoms with Crippen LogP contribution in [0, 0.1) is 20.8 Å². The molecule has 120 valence electrons. The van der Waals surface area contributed by atoms with Crippen LogP contribution in [0.15, 0.2) is 42.5 Å². The lowest BCUT2D eigenvalue weighted by atomic mass is 10.1. The van der Waals surface area contributed by atoms with E-state index >= 15 is 0 Å². The van der Waals surface area contributed by atoms with Gasteiger partial charge in [0.2, 0.25) is 11.8 Å². The lowest BCUT2D eigenvalue weighted by Gasteiger charge is -2.09. The third-order valence-corrected chi connectivity index (χ3v) is 3.40. The van der Waals surface area contributed by atoms with Crippen molar-refractivity contribution in [3.63, 3.8) is 0 Å². The minimum atomic E-state index is -0.229. The van der Waals surface area contributed by atoms with E-state index in [1.165, 1.54) is 0 Å². The molecule has 0 aromatic heterocycles. The van der Waals surface area contributed by atoms with E-state index in [-0.39, 0.29) is 24.8 Å². The van der Waals surface area contributed by atoms with Gasteiger partial charge in [-0.2, -0.15) is 0 Å². The Kier molecular flexibility index (Phi) is 5.52. The summed E-state index contributed by atoms with van der Waals surface area (Å²) in [5.41, 5.74) is 4.98. The summed E-state index contributed by atoms with van der Waals surface area (Å²) in [4.78, 5) is 23.8. The molecule has 0 spiro atoms. The van der Waals surface area contributed by atoms with E-state index in [4.69, 9.17) is 0 Å². The van der Waals surface area contributed by atoms with Crippen molar-refractivity contribution in [2.24, 2.45) is 0 Å². The number of amides is 2. The molecule has 2 aromatic carbocycles. The molecule has 2 rings (SSSR count). The molecular formula is C19H22N2O2. The van der Waals surface area contributed by atoms with Crippen molar-refractivity contribution in [2.45, 2.75) is 27.2 Å². The number of hydrogen-bond acceptors (Lipinski definition) is 2. The van der Waals surface area contributed by atoms with Crippen molar-refractivity contribution in [1.82, 2.24) is 5.32 Å². The predicted octanol–water partition coefficient (Wildman–Crippen LogP) is 2.91. The maximum absolute atomic E-state index is 11.9. The molecule has 0 saturated carbocycles. The van der Waals surface area contributed by atoms with Crippen molar-refractivity contribution < 1.29 is 9.59 Å². The monoisotopic (exact) mass is 310 g/mol. The smallest absolute Gasteiger partial charge is 0.243 e. The van der Waals surface area contributed by atoms with Gasteiger partial charge in [0.15, 0.2) is 0 Å². The summed E-state index contributed by atoms with van der Waals surface area (Å²) >= 11 is 0. The lowest BCUT2D eigenvalue weighted by Crippen LogP contribution is -2.33. The Hall–Kier alpha value is -2.62. The first kappa shape index (κ1) is 16.7. The molecular weight excluding hydrogens is 288 g/mol. The summed E-state index contributed by atoms with van der Waals surface area (Å²) < 4.78 is 0. The summed E-state index contributed by atoms with van der Waals surface area (Å²) in [5.74, 6) is -0.390. The highest BCUT2D eigenvalue weighted by atomic mass is 16.2. The standard InChI is InChI=1S/C19H22N2O2/c1-13-5-4-6-16(8-13)11-18(22)20-12-19(23)21-17-9-14(2)7-15(3)10-17/h4-10H,11-12H2,1-3H3,(H,20,22)(H,21,23). The second kappa shape index (κ2) is 7.58. The summed E-state index contributed by atoms with van der Waals surface area (Å²) in [5, 5.41) is 5.45. The van der Waals surface area contributed by atoms with Gasteiger partial charge in [-0.05, 0) is 49.6 Å². The highest BCUT2D eigenvalue weighted by Gasteiger charge is 2.07. The van der Waals surface area contributed by atoms with Gasteiger partial charge in [-0.25, -0.2) is 0 Å². The molecule has 0 aliphatic heterocycles. The van der Waals surface area contributed by atoms with Crippen LogP contribution in [0.3, 0.4) is 0 Å². The van der Waals surface area contributed by atoms with Crippen LogP contribution >= 0.6 is 0 Å². The van der Waals surface area contributed by atoms with E-state index in [2.05, 4.69) is 10.6 Å². The topological polar surface area (TPSA) is 58.2 Å². The van der Waals surface area contributed by atoms with Gasteiger partial charge in [0.25, 0.3) is 0 Å². The zero-order chi connectivity index (χ0) is 16.8. The summed E-state index contributed by atoms with van der Waals surface area (Å²) in [6, 6.07) is 13.6. The average molecular weight is 310 g/mol. The van der Waals surface area contributed by atoms with Gasteiger partial charge in [-0.3, -0.25) is 9.59 Å². The summed E-state index contributed by atoms with van der Waals surface area (Å²) in [7, 11) is 0. The predicted molar refractivity (Wildman–Crippen MR) is 92.4 cm³/mol. The molecule has 0 heterocycles. The van der Waals surface area contributed by atoms with Gasteiger partial charge in [0.05, 0.1) is 13.0 Å². The normalized spacial score (nSPS) is 10.2. The fraction of sp³-hybridized carbons (Fsp3) is 0.263. The number of carbonyl (C=O) groups is 2. The number of anilines is 1. The van der Waals surface area contributed by atoms with Crippen LogP contribution in [0.4, 0.5) is 5.69 Å². The second-order valence-electron chi connectivity index (χ2n) is 5.87. The molecule has 4 heteroatoms. The molecule has 0 unspecified atom stereocenters. The molecule has 0 radical (unpaired) electrons. The lowest BCUT2D eigenvalue weighted by molar-refractivity contribution is -0.123. The molecule has 0 aliphatic rings. The van der Waals surface area contributed by atoms with Gasteiger partial charge in [-0.1, -0.05) is 35.9 Å². The Morgan fingerprint density at radius 3 is 2.22 bits per heavy atom. The van der Waals surface area contributed by atoms with Gasteiger partial charge in [-0.15, -0.1) is 0 Å². The quantitative estimate of drug-likeness (QED) is 0.892. The average Bonchev–Trinajstić information content (AvgIpc) is 2.44. The Morgan fingerprint density at radius 1 is 0.870 bits per heavy atom. The molecule has 2 amide bonds. The van der Waals surface area contributed by atoms with Gasteiger partial charge < -0.3 is 10.6 Å². The fourth-order valence-electron chi connectivity index (χ4n) is 2.50. The van der Waals surface area contributed by atoms with Crippen molar-refractivity contribution >= 4 is 17.5 Å². The van der Waals surface area contributed by atoms with Crippen LogP contribution < -0.4 is 10.6 Å². The second-order valence-corrected chi connectivity index (χ2v) is 5.87. The van der Waals surface area contributed by atoms with Gasteiger partial charge in [0.1, 0.15) is 0 Å². The number of benzene rings is 2. The first-order chi connectivity index (χ1) is 10.9. The Labute approximate surface area is 136 Å². The number of hydrogen-bond donors (Lipinski definition) is 2. The highest BCUT2D eigenvalue weighted by Crippen LogP contribution is 2.13. The molecule has 0 atom stereocenters. The van der Waals surface area contributed by atoms with Crippen LogP contribution in [0.1, 0.15) is 22.3 Å². The fourth-order valence-corrected chi connectivity index (χ4v) is 2.50. The molecule has 0 aliphatic carbocycles. The Balaban J connectivity index is 1.83. The number of nitrogens with one attached hydrogen (secondary N) is 2. The SMILES string of the molecule is Cc1cccc(CC(=O)NCC(=O)Nc2cc(C)cc(C)c2)c1. The molecule has 4 nitrogen and oxygen atoms in total. The Morgan fingerprint density at radius 2 is 1.57 bits per heavy atom. The first-order valence-corrected chi connectivity index (χ1v) is 7.63. The number of rotatable bonds is 5. The highest BCUT2D eigenvalue weighted by molar-refractivity contribution is 5.94. The van der Waals surface area contributed by atoms with Crippen LogP contribution in [-0.2, 0) is 16.0 Å². The molecule has 2 aromatic rings. The zero-order valence-electron chi connectivity index (χ0n) is 13.8. The third-order valence-electron chi connectivity index (χ3n) is 3.40. The number of aryl methyl sites for hydroxylation is 3. The molecule has 23 heavy (non-hydrogen) atoms. The van der Waals surface area contributed by atoms with Crippen molar-refractivity contribution in [3.05, 3.63) is 64.7 Å². The largest absolute Gasteiger partial charge is 0.347 e. The molecule has 0 bridgehead atoms. The van der Waals surface area contributed by atoms with Crippen LogP contribution in [0.25, 0.3) is 0 Å². The van der Waals surface area contributed by atoms with Gasteiger partial charge in [0, 0.05) is 5.69 Å². The van der Waals surface area contributed by atoms with Crippen LogP contribution in [-0.4, -0.2) is 18.4 Å². The minimum absolute atomic E-state index is 0.0301. The van der Waals surface area contributed by atoms with E-state index in [1.807, 2.05) is 63.2 Å². The van der Waals surface area contributed by atoms with E-state index in [0.29, 0.717) is 0 Å². The van der Waals surface area contributed by atoms with Crippen molar-refractivity contribution in [1.29, 1.82) is 0 Å². The molecule has 2 N–H and O–H groups in total. The number of carbonyl (C=O) groups excluding carboxylic acids is 2. The summed E-state index contributed by atoms with van der Waals surface area (Å²) in [6.45, 7) is 5.91. The maximum atomic E-state index is 11.9. The van der Waals surface area contributed by atoms with E-state index in [0.717, 1.165) is 27.9 Å². The van der Waals surface area contributed by atoms with E-state index in [1.54, 1.807) is 0 Å².